The normalized spacial score (nSPS) is 25.0. The molecule has 0 aromatic heterocycles. The summed E-state index contributed by atoms with van der Waals surface area (Å²) in [4.78, 5) is 12.3. The molecule has 2 bridgehead atoms. The van der Waals surface area contributed by atoms with Crippen LogP contribution in [0.4, 0.5) is 18.9 Å². The van der Waals surface area contributed by atoms with Gasteiger partial charge in [0.25, 0.3) is 5.91 Å². The van der Waals surface area contributed by atoms with Gasteiger partial charge in [-0.05, 0) is 61.6 Å². The minimum Gasteiger partial charge on any atom is -0.393 e. The molecule has 0 radical (unpaired) electrons. The molecule has 2 saturated carbocycles. The lowest BCUT2D eigenvalue weighted by Crippen LogP contribution is -2.33. The molecule has 2 aromatic rings. The quantitative estimate of drug-likeness (QED) is 0.605. The highest BCUT2D eigenvalue weighted by Crippen LogP contribution is 2.48. The van der Waals surface area contributed by atoms with Gasteiger partial charge >= 0.3 is 0 Å². The predicted octanol–water partition coefficient (Wildman–Crippen LogP) is 4.58. The lowest BCUT2D eigenvalue weighted by atomic mass is 9.78. The van der Waals surface area contributed by atoms with Gasteiger partial charge in [0.15, 0.2) is 27.3 Å². The molecule has 2 unspecified atom stereocenters. The van der Waals surface area contributed by atoms with Crippen molar-refractivity contribution in [3.8, 4) is 0 Å². The van der Waals surface area contributed by atoms with Gasteiger partial charge in [0.2, 0.25) is 0 Å². The van der Waals surface area contributed by atoms with Gasteiger partial charge in [-0.2, -0.15) is 0 Å². The molecule has 0 saturated heterocycles. The first-order valence-corrected chi connectivity index (χ1v) is 12.2. The molecular weight excluding hydrogens is 467 g/mol. The fourth-order valence-electron chi connectivity index (χ4n) is 4.95. The fourth-order valence-corrected chi connectivity index (χ4v) is 7.32. The standard InChI is InChI=1S/C22H21ClF3NO4S/c23-17-4-3-13(22(29)27-14-8-18(24)21(26)19(25)9-14)7-20(17)32(30,31)10-16-11-1-2-12(16)6-15(28)5-11/h3-4,7-9,11-12,15-16,28H,1-2,5-6,10H2,(H,27,29)/t11?,12?,15-,16+. The number of hydrogen-bond donors (Lipinski definition) is 2. The summed E-state index contributed by atoms with van der Waals surface area (Å²) in [6, 6.07) is 4.93. The molecule has 10 heteroatoms. The maximum atomic E-state index is 13.4. The van der Waals surface area contributed by atoms with Gasteiger partial charge in [-0.25, -0.2) is 21.6 Å². The number of halogens is 4. The van der Waals surface area contributed by atoms with Crippen LogP contribution in [0.1, 0.15) is 36.0 Å². The van der Waals surface area contributed by atoms with Gasteiger partial charge in [0.05, 0.1) is 21.8 Å². The Morgan fingerprint density at radius 2 is 1.66 bits per heavy atom. The molecule has 2 fully saturated rings. The summed E-state index contributed by atoms with van der Waals surface area (Å²) in [6.07, 6.45) is 2.52. The number of amides is 1. The molecule has 172 valence electrons. The molecule has 2 N–H and O–H groups in total. The number of aliphatic hydroxyl groups is 1. The van der Waals surface area contributed by atoms with Gasteiger partial charge in [-0.1, -0.05) is 11.6 Å². The zero-order chi connectivity index (χ0) is 23.2. The summed E-state index contributed by atoms with van der Waals surface area (Å²) in [6.45, 7) is 0. The van der Waals surface area contributed by atoms with Gasteiger partial charge in [-0.3, -0.25) is 4.79 Å². The lowest BCUT2D eigenvalue weighted by Gasteiger charge is -2.32. The van der Waals surface area contributed by atoms with Crippen LogP contribution >= 0.6 is 11.6 Å². The Morgan fingerprint density at radius 3 is 2.25 bits per heavy atom. The van der Waals surface area contributed by atoms with Gasteiger partial charge < -0.3 is 10.4 Å². The zero-order valence-corrected chi connectivity index (χ0v) is 18.4. The molecule has 1 amide bonds. The van der Waals surface area contributed by atoms with Crippen LogP contribution in [-0.4, -0.2) is 31.3 Å². The number of carbonyl (C=O) groups excluding carboxylic acids is 1. The van der Waals surface area contributed by atoms with Crippen molar-refractivity contribution in [3.63, 3.8) is 0 Å². The number of carbonyl (C=O) groups is 1. The molecular formula is C22H21ClF3NO4S. The summed E-state index contributed by atoms with van der Waals surface area (Å²) in [5.41, 5.74) is -0.400. The molecule has 0 aliphatic heterocycles. The second kappa shape index (κ2) is 8.68. The van der Waals surface area contributed by atoms with Crippen LogP contribution in [0.15, 0.2) is 35.2 Å². The maximum Gasteiger partial charge on any atom is 0.255 e. The van der Waals surface area contributed by atoms with Gasteiger partial charge in [0.1, 0.15) is 0 Å². The minimum absolute atomic E-state index is 0.0383. The fraction of sp³-hybridized carbons (Fsp3) is 0.409. The van der Waals surface area contributed by atoms with Crippen molar-refractivity contribution in [2.24, 2.45) is 17.8 Å². The first kappa shape index (κ1) is 23.1. The number of fused-ring (bicyclic) bond motifs is 2. The van der Waals surface area contributed by atoms with Gasteiger partial charge in [0, 0.05) is 23.4 Å². The van der Waals surface area contributed by atoms with E-state index in [1.165, 1.54) is 12.1 Å². The molecule has 4 rings (SSSR count). The van der Waals surface area contributed by atoms with E-state index < -0.39 is 39.3 Å². The van der Waals surface area contributed by atoms with Crippen LogP contribution in [0.25, 0.3) is 0 Å². The van der Waals surface area contributed by atoms with E-state index in [1.807, 2.05) is 0 Å². The molecule has 2 aliphatic carbocycles. The van der Waals surface area contributed by atoms with Crippen molar-refractivity contribution >= 4 is 33.0 Å². The van der Waals surface area contributed by atoms with Crippen LogP contribution in [-0.2, 0) is 9.84 Å². The number of sulfone groups is 1. The number of hydrogen-bond acceptors (Lipinski definition) is 4. The third-order valence-electron chi connectivity index (χ3n) is 6.45. The van der Waals surface area contributed by atoms with E-state index in [2.05, 4.69) is 5.32 Å². The van der Waals surface area contributed by atoms with E-state index in [4.69, 9.17) is 11.6 Å². The topological polar surface area (TPSA) is 83.5 Å². The highest BCUT2D eigenvalue weighted by molar-refractivity contribution is 7.91. The van der Waals surface area contributed by atoms with Crippen molar-refractivity contribution in [2.45, 2.75) is 36.7 Å². The van der Waals surface area contributed by atoms with Crippen LogP contribution < -0.4 is 5.32 Å². The highest BCUT2D eigenvalue weighted by atomic mass is 35.5. The molecule has 5 nitrogen and oxygen atoms in total. The number of aliphatic hydroxyl groups excluding tert-OH is 1. The summed E-state index contributed by atoms with van der Waals surface area (Å²) in [5.74, 6) is -5.37. The van der Waals surface area contributed by atoms with E-state index in [-0.39, 0.29) is 44.7 Å². The SMILES string of the molecule is O=C(Nc1cc(F)c(F)c(F)c1)c1ccc(Cl)c(S(=O)(=O)C[C@H]2C3CCC2C[C@H](O)C3)c1. The van der Waals surface area contributed by atoms with Crippen molar-refractivity contribution in [1.82, 2.24) is 0 Å². The summed E-state index contributed by atoms with van der Waals surface area (Å²) in [7, 11) is -3.84. The molecule has 2 atom stereocenters. The first-order chi connectivity index (χ1) is 15.0. The second-order valence-corrected chi connectivity index (χ2v) is 10.9. The molecule has 2 aliphatic rings. The summed E-state index contributed by atoms with van der Waals surface area (Å²) in [5, 5.41) is 12.1. The Labute approximate surface area is 188 Å². The highest BCUT2D eigenvalue weighted by Gasteiger charge is 2.44. The Morgan fingerprint density at radius 1 is 1.06 bits per heavy atom. The van der Waals surface area contributed by atoms with Gasteiger partial charge in [-0.15, -0.1) is 0 Å². The van der Waals surface area contributed by atoms with Crippen LogP contribution in [0.2, 0.25) is 5.02 Å². The third-order valence-corrected chi connectivity index (χ3v) is 8.72. The molecule has 0 spiro atoms. The van der Waals surface area contributed by atoms with E-state index >= 15 is 0 Å². The molecule has 0 heterocycles. The Bertz CT molecular complexity index is 1140. The number of rotatable bonds is 5. The van der Waals surface area contributed by atoms with Crippen LogP contribution in [0.5, 0.6) is 0 Å². The summed E-state index contributed by atoms with van der Waals surface area (Å²) >= 11 is 6.14. The van der Waals surface area contributed by atoms with Crippen molar-refractivity contribution in [1.29, 1.82) is 0 Å². The first-order valence-electron chi connectivity index (χ1n) is 10.2. The largest absolute Gasteiger partial charge is 0.393 e. The van der Waals surface area contributed by atoms with E-state index in [0.29, 0.717) is 25.0 Å². The zero-order valence-electron chi connectivity index (χ0n) is 16.8. The van der Waals surface area contributed by atoms with Crippen LogP contribution in [0.3, 0.4) is 0 Å². The smallest absolute Gasteiger partial charge is 0.255 e. The predicted molar refractivity (Wildman–Crippen MR) is 113 cm³/mol. The minimum atomic E-state index is -3.84. The average Bonchev–Trinajstić information content (AvgIpc) is 2.94. The third kappa shape index (κ3) is 4.51. The van der Waals surface area contributed by atoms with E-state index in [9.17, 15) is 31.5 Å². The monoisotopic (exact) mass is 487 g/mol. The van der Waals surface area contributed by atoms with E-state index in [0.717, 1.165) is 18.9 Å². The lowest BCUT2D eigenvalue weighted by molar-refractivity contribution is 0.0683. The van der Waals surface area contributed by atoms with Crippen LogP contribution in [0, 0.1) is 35.2 Å². The maximum absolute atomic E-state index is 13.4. The molecule has 2 aromatic carbocycles. The Balaban J connectivity index is 1.56. The molecule has 32 heavy (non-hydrogen) atoms. The number of nitrogens with one attached hydrogen (secondary N) is 1. The van der Waals surface area contributed by atoms with Crippen molar-refractivity contribution in [2.75, 3.05) is 11.1 Å². The Kier molecular flexibility index (Phi) is 6.26. The van der Waals surface area contributed by atoms with E-state index in [1.54, 1.807) is 0 Å². The average molecular weight is 488 g/mol. The number of anilines is 1. The van der Waals surface area contributed by atoms with Crippen molar-refractivity contribution < 1.29 is 31.5 Å². The van der Waals surface area contributed by atoms with Crippen molar-refractivity contribution in [3.05, 3.63) is 58.4 Å². The Hall–Kier alpha value is -2.10. The second-order valence-electron chi connectivity index (χ2n) is 8.52. The number of benzene rings is 2. The summed E-state index contributed by atoms with van der Waals surface area (Å²) < 4.78 is 66.2.